The molecule has 1 aromatic carbocycles. The maximum absolute atomic E-state index is 13.0. The fraction of sp³-hybridized carbons (Fsp3) is 0.565. The Morgan fingerprint density at radius 1 is 1.18 bits per heavy atom. The van der Waals surface area contributed by atoms with Gasteiger partial charge in [-0.3, -0.25) is 9.69 Å². The molecular weight excluding hydrogens is 348 g/mol. The van der Waals surface area contributed by atoms with Crippen molar-refractivity contribution in [2.24, 2.45) is 11.8 Å². The van der Waals surface area contributed by atoms with Gasteiger partial charge in [0, 0.05) is 31.7 Å². The zero-order chi connectivity index (χ0) is 19.1. The second-order valence-electron chi connectivity index (χ2n) is 8.99. The zero-order valence-electron chi connectivity index (χ0n) is 16.7. The molecule has 0 radical (unpaired) electrons. The SMILES string of the molecule is Cc1ncc(C(=O)N2C[C@@H]3C[C@H](C2)[C@@H]2CCC[C@H](Cc4ccccc4)N2C3)[nH]1. The van der Waals surface area contributed by atoms with Gasteiger partial charge in [-0.25, -0.2) is 4.98 Å². The van der Waals surface area contributed by atoms with Crippen molar-refractivity contribution in [3.63, 3.8) is 0 Å². The number of nitrogens with one attached hydrogen (secondary N) is 1. The third-order valence-electron chi connectivity index (χ3n) is 7.05. The lowest BCUT2D eigenvalue weighted by Crippen LogP contribution is -2.62. The Labute approximate surface area is 167 Å². The molecule has 28 heavy (non-hydrogen) atoms. The predicted octanol–water partition coefficient (Wildman–Crippen LogP) is 3.28. The first kappa shape index (κ1) is 17.9. The normalized spacial score (nSPS) is 30.1. The van der Waals surface area contributed by atoms with Crippen molar-refractivity contribution in [3.8, 4) is 0 Å². The molecule has 0 saturated carbocycles. The third kappa shape index (κ3) is 3.37. The number of imidazole rings is 1. The summed E-state index contributed by atoms with van der Waals surface area (Å²) in [4.78, 5) is 25.2. The van der Waals surface area contributed by atoms with Crippen LogP contribution in [0.1, 0.15) is 47.6 Å². The van der Waals surface area contributed by atoms with Crippen molar-refractivity contribution in [1.29, 1.82) is 0 Å². The lowest BCUT2D eigenvalue weighted by molar-refractivity contribution is -0.0499. The van der Waals surface area contributed by atoms with E-state index in [-0.39, 0.29) is 5.91 Å². The van der Waals surface area contributed by atoms with Crippen LogP contribution in [0.5, 0.6) is 0 Å². The van der Waals surface area contributed by atoms with Crippen LogP contribution in [-0.2, 0) is 6.42 Å². The van der Waals surface area contributed by atoms with Crippen molar-refractivity contribution in [1.82, 2.24) is 19.8 Å². The number of aromatic amines is 1. The number of likely N-dealkylation sites (tertiary alicyclic amines) is 1. The minimum Gasteiger partial charge on any atom is -0.338 e. The van der Waals surface area contributed by atoms with Crippen molar-refractivity contribution in [2.75, 3.05) is 19.6 Å². The number of fused-ring (bicyclic) bond motifs is 4. The van der Waals surface area contributed by atoms with E-state index in [2.05, 4.69) is 50.1 Å². The van der Waals surface area contributed by atoms with Gasteiger partial charge in [0.15, 0.2) is 0 Å². The highest BCUT2D eigenvalue weighted by Crippen LogP contribution is 2.40. The Hall–Kier alpha value is -2.14. The molecule has 2 bridgehead atoms. The van der Waals surface area contributed by atoms with E-state index in [0.29, 0.717) is 29.6 Å². The largest absolute Gasteiger partial charge is 0.338 e. The van der Waals surface area contributed by atoms with Gasteiger partial charge in [-0.1, -0.05) is 36.8 Å². The number of hydrogen-bond acceptors (Lipinski definition) is 3. The first-order chi connectivity index (χ1) is 13.7. The number of benzene rings is 1. The highest BCUT2D eigenvalue weighted by molar-refractivity contribution is 5.92. The van der Waals surface area contributed by atoms with E-state index >= 15 is 0 Å². The monoisotopic (exact) mass is 378 g/mol. The maximum atomic E-state index is 13.0. The number of hydrogen-bond donors (Lipinski definition) is 1. The van der Waals surface area contributed by atoms with Gasteiger partial charge >= 0.3 is 0 Å². The van der Waals surface area contributed by atoms with Gasteiger partial charge < -0.3 is 9.88 Å². The van der Waals surface area contributed by atoms with Gasteiger partial charge in [-0.2, -0.15) is 0 Å². The summed E-state index contributed by atoms with van der Waals surface area (Å²) in [5.74, 6) is 2.14. The Bertz CT molecular complexity index is 832. The molecule has 0 aliphatic carbocycles. The van der Waals surface area contributed by atoms with Crippen LogP contribution in [0.4, 0.5) is 0 Å². The number of amides is 1. The minimum atomic E-state index is 0.125. The summed E-state index contributed by atoms with van der Waals surface area (Å²) in [6.07, 6.45) is 8.03. The molecule has 1 amide bonds. The summed E-state index contributed by atoms with van der Waals surface area (Å²) in [5, 5.41) is 0. The van der Waals surface area contributed by atoms with Crippen LogP contribution in [0.25, 0.3) is 0 Å². The third-order valence-corrected chi connectivity index (χ3v) is 7.05. The van der Waals surface area contributed by atoms with Gasteiger partial charge in [0.1, 0.15) is 11.5 Å². The topological polar surface area (TPSA) is 52.2 Å². The molecule has 4 heterocycles. The number of piperidine rings is 3. The number of carbonyl (C=O) groups is 1. The standard InChI is InChI=1S/C23H30N4O/c1-16-24-12-21(25-16)23(28)26-13-18-10-19(15-26)22-9-5-8-20(27(22)14-18)11-17-6-3-2-4-7-17/h2-4,6-7,12,18-20,22H,5,8-11,13-15H2,1H3,(H,24,25)/t18-,19+,20+,22-/m0/s1. The molecule has 148 valence electrons. The number of carbonyl (C=O) groups excluding carboxylic acids is 1. The summed E-state index contributed by atoms with van der Waals surface area (Å²) in [7, 11) is 0. The molecule has 4 atom stereocenters. The van der Waals surface area contributed by atoms with E-state index in [1.54, 1.807) is 6.20 Å². The predicted molar refractivity (Wildman–Crippen MR) is 109 cm³/mol. The van der Waals surface area contributed by atoms with Crippen LogP contribution in [-0.4, -0.2) is 57.4 Å². The van der Waals surface area contributed by atoms with Gasteiger partial charge in [0.25, 0.3) is 5.91 Å². The van der Waals surface area contributed by atoms with Crippen molar-refractivity contribution >= 4 is 5.91 Å². The van der Waals surface area contributed by atoms with E-state index in [9.17, 15) is 4.79 Å². The van der Waals surface area contributed by atoms with E-state index in [1.807, 2.05) is 6.92 Å². The minimum absolute atomic E-state index is 0.125. The fourth-order valence-electron chi connectivity index (χ4n) is 5.88. The smallest absolute Gasteiger partial charge is 0.271 e. The summed E-state index contributed by atoms with van der Waals surface area (Å²) < 4.78 is 0. The molecule has 2 aromatic rings. The van der Waals surface area contributed by atoms with Gasteiger partial charge in [-0.15, -0.1) is 0 Å². The molecule has 0 spiro atoms. The second kappa shape index (κ2) is 7.36. The van der Waals surface area contributed by atoms with Crippen LogP contribution in [0, 0.1) is 18.8 Å². The fourth-order valence-corrected chi connectivity index (χ4v) is 5.88. The van der Waals surface area contributed by atoms with Gasteiger partial charge in [0.2, 0.25) is 0 Å². The molecule has 3 aliphatic rings. The maximum Gasteiger partial charge on any atom is 0.271 e. The van der Waals surface area contributed by atoms with Crippen LogP contribution >= 0.6 is 0 Å². The molecule has 0 unspecified atom stereocenters. The summed E-state index contributed by atoms with van der Waals surface area (Å²) in [6.45, 7) is 4.82. The number of aromatic nitrogens is 2. The van der Waals surface area contributed by atoms with Crippen LogP contribution in [0.3, 0.4) is 0 Å². The molecular formula is C23H30N4O. The zero-order valence-corrected chi connectivity index (χ0v) is 16.7. The van der Waals surface area contributed by atoms with E-state index in [4.69, 9.17) is 0 Å². The average molecular weight is 379 g/mol. The quantitative estimate of drug-likeness (QED) is 0.892. The average Bonchev–Trinajstić information content (AvgIpc) is 3.15. The number of rotatable bonds is 3. The highest BCUT2D eigenvalue weighted by Gasteiger charge is 2.45. The highest BCUT2D eigenvalue weighted by atomic mass is 16.2. The van der Waals surface area contributed by atoms with E-state index in [1.165, 1.54) is 31.2 Å². The molecule has 1 aromatic heterocycles. The molecule has 1 N–H and O–H groups in total. The number of H-pyrrole nitrogens is 1. The van der Waals surface area contributed by atoms with Crippen molar-refractivity contribution in [2.45, 2.75) is 51.1 Å². The van der Waals surface area contributed by atoms with Crippen LogP contribution in [0.15, 0.2) is 36.5 Å². The lowest BCUT2D eigenvalue weighted by atomic mass is 9.74. The Kier molecular flexibility index (Phi) is 4.71. The first-order valence-electron chi connectivity index (χ1n) is 10.8. The summed E-state index contributed by atoms with van der Waals surface area (Å²) in [6, 6.07) is 12.2. The van der Waals surface area contributed by atoms with Crippen molar-refractivity contribution < 1.29 is 4.79 Å². The second-order valence-corrected chi connectivity index (χ2v) is 8.99. The molecule has 3 saturated heterocycles. The molecule has 5 nitrogen and oxygen atoms in total. The molecule has 5 heteroatoms. The molecule has 3 fully saturated rings. The van der Waals surface area contributed by atoms with Gasteiger partial charge in [0.05, 0.1) is 6.20 Å². The van der Waals surface area contributed by atoms with Crippen LogP contribution in [0.2, 0.25) is 0 Å². The van der Waals surface area contributed by atoms with Gasteiger partial charge in [-0.05, 0) is 50.0 Å². The Morgan fingerprint density at radius 3 is 2.82 bits per heavy atom. The van der Waals surface area contributed by atoms with E-state index in [0.717, 1.165) is 31.9 Å². The molecule has 3 aliphatic heterocycles. The number of aryl methyl sites for hydroxylation is 1. The van der Waals surface area contributed by atoms with Crippen LogP contribution < -0.4 is 0 Å². The number of nitrogens with zero attached hydrogens (tertiary/aromatic N) is 3. The molecule has 5 rings (SSSR count). The first-order valence-corrected chi connectivity index (χ1v) is 10.8. The van der Waals surface area contributed by atoms with Crippen molar-refractivity contribution in [3.05, 3.63) is 53.6 Å². The summed E-state index contributed by atoms with van der Waals surface area (Å²) in [5.41, 5.74) is 2.09. The summed E-state index contributed by atoms with van der Waals surface area (Å²) >= 11 is 0. The Morgan fingerprint density at radius 2 is 2.04 bits per heavy atom. The van der Waals surface area contributed by atoms with E-state index < -0.39 is 0 Å². The Balaban J connectivity index is 1.31. The lowest BCUT2D eigenvalue weighted by Gasteiger charge is -2.55.